The predicted octanol–water partition coefficient (Wildman–Crippen LogP) is 3.30. The second kappa shape index (κ2) is 5.83. The first kappa shape index (κ1) is 14.9. The molecule has 20 heavy (non-hydrogen) atoms. The number of hydrogen-bond acceptors (Lipinski definition) is 3. The molecule has 1 heterocycles. The number of aryl methyl sites for hydroxylation is 1. The van der Waals surface area contributed by atoms with Crippen LogP contribution in [0.2, 0.25) is 0 Å². The topological polar surface area (TPSA) is 38.8 Å². The minimum Gasteiger partial charge on any atom is -0.450 e. The Hall–Kier alpha value is -1.55. The van der Waals surface area contributed by atoms with Crippen molar-refractivity contribution in [1.82, 2.24) is 4.90 Å². The van der Waals surface area contributed by atoms with Crippen molar-refractivity contribution in [2.75, 3.05) is 19.8 Å². The first-order chi connectivity index (χ1) is 9.44. The summed E-state index contributed by atoms with van der Waals surface area (Å²) in [5, 5.41) is 0. The number of amides is 1. The van der Waals surface area contributed by atoms with Gasteiger partial charge in [-0.1, -0.05) is 29.8 Å². The zero-order valence-corrected chi connectivity index (χ0v) is 12.7. The molecule has 0 spiro atoms. The number of morpholine rings is 1. The van der Waals surface area contributed by atoms with Gasteiger partial charge in [0.25, 0.3) is 0 Å². The largest absolute Gasteiger partial charge is 0.450 e. The van der Waals surface area contributed by atoms with Crippen LogP contribution in [0.1, 0.15) is 38.0 Å². The van der Waals surface area contributed by atoms with Gasteiger partial charge in [-0.2, -0.15) is 0 Å². The van der Waals surface area contributed by atoms with Crippen molar-refractivity contribution >= 4 is 6.09 Å². The summed E-state index contributed by atoms with van der Waals surface area (Å²) in [4.78, 5) is 13.9. The molecule has 1 aromatic carbocycles. The van der Waals surface area contributed by atoms with E-state index < -0.39 is 0 Å². The highest BCUT2D eigenvalue weighted by Gasteiger charge is 2.39. The fourth-order valence-electron chi connectivity index (χ4n) is 2.35. The summed E-state index contributed by atoms with van der Waals surface area (Å²) in [5.41, 5.74) is 1.97. The van der Waals surface area contributed by atoms with Crippen molar-refractivity contribution in [3.63, 3.8) is 0 Å². The number of nitrogens with zero attached hydrogens (tertiary/aromatic N) is 1. The number of ether oxygens (including phenoxy) is 2. The SMILES string of the molecule is CCOC(=O)N1CC(c2ccc(C)cc2)OCC1(C)C. The summed E-state index contributed by atoms with van der Waals surface area (Å²) < 4.78 is 11.1. The average Bonchev–Trinajstić information content (AvgIpc) is 2.40. The summed E-state index contributed by atoms with van der Waals surface area (Å²) >= 11 is 0. The van der Waals surface area contributed by atoms with Gasteiger partial charge in [0.05, 0.1) is 25.3 Å². The Labute approximate surface area is 120 Å². The highest BCUT2D eigenvalue weighted by atomic mass is 16.6. The first-order valence-corrected chi connectivity index (χ1v) is 7.06. The van der Waals surface area contributed by atoms with E-state index in [1.165, 1.54) is 5.56 Å². The molecule has 1 aromatic rings. The predicted molar refractivity (Wildman–Crippen MR) is 77.7 cm³/mol. The van der Waals surface area contributed by atoms with Crippen LogP contribution in [0.25, 0.3) is 0 Å². The maximum absolute atomic E-state index is 12.1. The lowest BCUT2D eigenvalue weighted by Crippen LogP contribution is -2.56. The van der Waals surface area contributed by atoms with E-state index >= 15 is 0 Å². The van der Waals surface area contributed by atoms with E-state index in [2.05, 4.69) is 31.2 Å². The minimum absolute atomic E-state index is 0.0898. The molecule has 110 valence electrons. The van der Waals surface area contributed by atoms with Crippen molar-refractivity contribution in [1.29, 1.82) is 0 Å². The normalized spacial score (nSPS) is 21.6. The van der Waals surface area contributed by atoms with Gasteiger partial charge in [-0.25, -0.2) is 4.79 Å². The molecule has 0 N–H and O–H groups in total. The molecule has 1 aliphatic heterocycles. The molecule has 4 heteroatoms. The molecule has 1 aliphatic rings. The Bertz CT molecular complexity index is 467. The molecule has 4 nitrogen and oxygen atoms in total. The molecule has 0 aliphatic carbocycles. The van der Waals surface area contributed by atoms with E-state index in [4.69, 9.17) is 9.47 Å². The fraction of sp³-hybridized carbons (Fsp3) is 0.562. The Morgan fingerprint density at radius 3 is 2.65 bits per heavy atom. The zero-order chi connectivity index (χ0) is 14.8. The number of rotatable bonds is 2. The van der Waals surface area contributed by atoms with Crippen LogP contribution in [0, 0.1) is 6.92 Å². The molecule has 0 radical (unpaired) electrons. The van der Waals surface area contributed by atoms with Crippen LogP contribution < -0.4 is 0 Å². The smallest absolute Gasteiger partial charge is 0.410 e. The highest BCUT2D eigenvalue weighted by Crippen LogP contribution is 2.30. The van der Waals surface area contributed by atoms with Crippen molar-refractivity contribution in [3.05, 3.63) is 35.4 Å². The van der Waals surface area contributed by atoms with Crippen LogP contribution in [-0.4, -0.2) is 36.3 Å². The lowest BCUT2D eigenvalue weighted by molar-refractivity contribution is -0.0913. The van der Waals surface area contributed by atoms with E-state index in [1.54, 1.807) is 4.90 Å². The lowest BCUT2D eigenvalue weighted by Gasteiger charge is -2.44. The van der Waals surface area contributed by atoms with E-state index in [1.807, 2.05) is 20.8 Å². The Balaban J connectivity index is 2.15. The monoisotopic (exact) mass is 277 g/mol. The number of benzene rings is 1. The molecule has 2 rings (SSSR count). The zero-order valence-electron chi connectivity index (χ0n) is 12.7. The molecular weight excluding hydrogens is 254 g/mol. The van der Waals surface area contributed by atoms with Crippen LogP contribution >= 0.6 is 0 Å². The molecular formula is C16H23NO3. The molecule has 1 saturated heterocycles. The quantitative estimate of drug-likeness (QED) is 0.832. The van der Waals surface area contributed by atoms with Gasteiger partial charge >= 0.3 is 6.09 Å². The lowest BCUT2D eigenvalue weighted by atomic mass is 9.98. The van der Waals surface area contributed by atoms with E-state index in [-0.39, 0.29) is 17.7 Å². The van der Waals surface area contributed by atoms with Crippen molar-refractivity contribution in [2.45, 2.75) is 39.3 Å². The van der Waals surface area contributed by atoms with Gasteiger partial charge in [-0.05, 0) is 33.3 Å². The Kier molecular flexibility index (Phi) is 4.33. The molecule has 1 amide bonds. The van der Waals surface area contributed by atoms with Gasteiger partial charge in [0, 0.05) is 0 Å². The second-order valence-corrected chi connectivity index (χ2v) is 5.83. The van der Waals surface area contributed by atoms with Gasteiger partial charge in [0.1, 0.15) is 6.10 Å². The number of hydrogen-bond donors (Lipinski definition) is 0. The summed E-state index contributed by atoms with van der Waals surface area (Å²) in [6.45, 7) is 9.29. The first-order valence-electron chi connectivity index (χ1n) is 7.06. The average molecular weight is 277 g/mol. The van der Waals surface area contributed by atoms with Gasteiger partial charge in [0.2, 0.25) is 0 Å². The van der Waals surface area contributed by atoms with Crippen LogP contribution in [0.15, 0.2) is 24.3 Å². The number of carbonyl (C=O) groups is 1. The van der Waals surface area contributed by atoms with Crippen molar-refractivity contribution in [2.24, 2.45) is 0 Å². The number of carbonyl (C=O) groups excluding carboxylic acids is 1. The van der Waals surface area contributed by atoms with Crippen LogP contribution in [-0.2, 0) is 9.47 Å². The molecule has 0 saturated carbocycles. The third kappa shape index (κ3) is 3.12. The molecule has 1 unspecified atom stereocenters. The highest BCUT2D eigenvalue weighted by molar-refractivity contribution is 5.69. The standard InChI is InChI=1S/C16H23NO3/c1-5-19-15(18)17-10-14(20-11-16(17,3)4)13-8-6-12(2)7-9-13/h6-9,14H,5,10-11H2,1-4H3. The van der Waals surface area contributed by atoms with Crippen LogP contribution in [0.5, 0.6) is 0 Å². The van der Waals surface area contributed by atoms with Crippen LogP contribution in [0.3, 0.4) is 0 Å². The fourth-order valence-corrected chi connectivity index (χ4v) is 2.35. The van der Waals surface area contributed by atoms with Gasteiger partial charge < -0.3 is 9.47 Å². The molecule has 1 fully saturated rings. The van der Waals surface area contributed by atoms with E-state index in [0.717, 1.165) is 5.56 Å². The van der Waals surface area contributed by atoms with E-state index in [9.17, 15) is 4.79 Å². The summed E-state index contributed by atoms with van der Waals surface area (Å²) in [6, 6.07) is 8.24. The summed E-state index contributed by atoms with van der Waals surface area (Å²) in [7, 11) is 0. The molecule has 0 bridgehead atoms. The van der Waals surface area contributed by atoms with E-state index in [0.29, 0.717) is 19.8 Å². The Morgan fingerprint density at radius 2 is 2.05 bits per heavy atom. The Morgan fingerprint density at radius 1 is 1.40 bits per heavy atom. The third-order valence-corrected chi connectivity index (χ3v) is 3.65. The summed E-state index contributed by atoms with van der Waals surface area (Å²) in [5.74, 6) is 0. The third-order valence-electron chi connectivity index (χ3n) is 3.65. The summed E-state index contributed by atoms with van der Waals surface area (Å²) in [6.07, 6.45) is -0.356. The van der Waals surface area contributed by atoms with Crippen molar-refractivity contribution in [3.8, 4) is 0 Å². The maximum Gasteiger partial charge on any atom is 0.410 e. The van der Waals surface area contributed by atoms with Gasteiger partial charge in [0.15, 0.2) is 0 Å². The maximum atomic E-state index is 12.1. The van der Waals surface area contributed by atoms with Crippen LogP contribution in [0.4, 0.5) is 4.79 Å². The second-order valence-electron chi connectivity index (χ2n) is 5.83. The molecule has 1 atom stereocenters. The van der Waals surface area contributed by atoms with Gasteiger partial charge in [-0.3, -0.25) is 4.90 Å². The van der Waals surface area contributed by atoms with Gasteiger partial charge in [-0.15, -0.1) is 0 Å². The molecule has 0 aromatic heterocycles. The van der Waals surface area contributed by atoms with Crippen molar-refractivity contribution < 1.29 is 14.3 Å². The minimum atomic E-state index is -0.340.